The van der Waals surface area contributed by atoms with Crippen molar-refractivity contribution in [3.63, 3.8) is 0 Å². The molecule has 0 unspecified atom stereocenters. The largest absolute Gasteiger partial charge is 0.369 e. The Morgan fingerprint density at radius 1 is 1.25 bits per heavy atom. The van der Waals surface area contributed by atoms with Gasteiger partial charge in [-0.2, -0.15) is 5.26 Å². The number of hydrogen-bond donors (Lipinski definition) is 1. The number of benzene rings is 1. The lowest BCUT2D eigenvalue weighted by Crippen LogP contribution is -2.45. The minimum absolute atomic E-state index is 0.0530. The molecule has 7 heteroatoms. The van der Waals surface area contributed by atoms with Crippen LogP contribution in [0.15, 0.2) is 65.2 Å². The monoisotopic (exact) mass is 387 g/mol. The number of amides is 1. The second kappa shape index (κ2) is 7.62. The van der Waals surface area contributed by atoms with E-state index in [1.54, 1.807) is 29.8 Å². The number of rotatable bonds is 4. The molecule has 1 aliphatic rings. The third-order valence-corrected chi connectivity index (χ3v) is 5.60. The number of pyridine rings is 1. The molecule has 0 spiro atoms. The summed E-state index contributed by atoms with van der Waals surface area (Å²) >= 11 is 1.55. The fourth-order valence-corrected chi connectivity index (χ4v) is 4.09. The van der Waals surface area contributed by atoms with E-state index in [9.17, 15) is 4.79 Å². The van der Waals surface area contributed by atoms with Gasteiger partial charge in [0.25, 0.3) is 0 Å². The van der Waals surface area contributed by atoms with Gasteiger partial charge in [0.15, 0.2) is 5.96 Å². The molecule has 4 rings (SSSR count). The van der Waals surface area contributed by atoms with Gasteiger partial charge in [0, 0.05) is 17.3 Å². The summed E-state index contributed by atoms with van der Waals surface area (Å²) in [4.78, 5) is 23.8. The van der Waals surface area contributed by atoms with E-state index < -0.39 is 0 Å². The highest BCUT2D eigenvalue weighted by Gasteiger charge is 2.29. The summed E-state index contributed by atoms with van der Waals surface area (Å²) in [5.74, 6) is 0.175. The molecule has 1 aliphatic heterocycles. The van der Waals surface area contributed by atoms with E-state index in [0.717, 1.165) is 21.6 Å². The van der Waals surface area contributed by atoms with Crippen LogP contribution in [0.25, 0.3) is 11.1 Å². The molecule has 2 aromatic heterocycles. The molecule has 1 amide bonds. The van der Waals surface area contributed by atoms with Crippen LogP contribution in [0.1, 0.15) is 28.5 Å². The summed E-state index contributed by atoms with van der Waals surface area (Å²) in [7, 11) is 0. The Labute approximate surface area is 166 Å². The van der Waals surface area contributed by atoms with Crippen molar-refractivity contribution in [1.29, 1.82) is 5.26 Å². The van der Waals surface area contributed by atoms with E-state index in [4.69, 9.17) is 11.0 Å². The van der Waals surface area contributed by atoms with Crippen molar-refractivity contribution in [2.45, 2.75) is 19.0 Å². The maximum atomic E-state index is 12.7. The second-order valence-electron chi connectivity index (χ2n) is 6.48. The lowest BCUT2D eigenvalue weighted by atomic mass is 10.0. The first-order valence-electron chi connectivity index (χ1n) is 8.75. The van der Waals surface area contributed by atoms with Crippen molar-refractivity contribution in [3.8, 4) is 17.2 Å². The van der Waals surface area contributed by atoms with Crippen molar-refractivity contribution in [1.82, 2.24) is 9.88 Å². The van der Waals surface area contributed by atoms with E-state index in [0.29, 0.717) is 12.1 Å². The number of nitriles is 1. The molecule has 1 aromatic carbocycles. The predicted molar refractivity (Wildman–Crippen MR) is 108 cm³/mol. The van der Waals surface area contributed by atoms with Crippen LogP contribution in [0.5, 0.6) is 0 Å². The minimum atomic E-state index is -0.282. The van der Waals surface area contributed by atoms with E-state index in [1.165, 1.54) is 4.90 Å². The molecule has 2 N–H and O–H groups in total. The van der Waals surface area contributed by atoms with Gasteiger partial charge in [-0.1, -0.05) is 18.2 Å². The zero-order valence-corrected chi connectivity index (χ0v) is 15.8. The first-order chi connectivity index (χ1) is 13.6. The number of hydrogen-bond acceptors (Lipinski definition) is 6. The molecule has 138 valence electrons. The Kier molecular flexibility index (Phi) is 4.87. The highest BCUT2D eigenvalue weighted by atomic mass is 32.1. The Bertz CT molecular complexity index is 1080. The van der Waals surface area contributed by atoms with Crippen molar-refractivity contribution >= 4 is 23.2 Å². The minimum Gasteiger partial charge on any atom is -0.369 e. The number of guanidine groups is 1. The summed E-state index contributed by atoms with van der Waals surface area (Å²) in [6.45, 7) is 0.366. The maximum Gasteiger partial charge on any atom is 0.232 e. The molecule has 3 heterocycles. The van der Waals surface area contributed by atoms with Gasteiger partial charge in [0.1, 0.15) is 0 Å². The summed E-state index contributed by atoms with van der Waals surface area (Å²) in [5.41, 5.74) is 9.61. The lowest BCUT2D eigenvalue weighted by Gasteiger charge is -2.28. The van der Waals surface area contributed by atoms with Crippen LogP contribution in [0.3, 0.4) is 0 Å². The predicted octanol–water partition coefficient (Wildman–Crippen LogP) is 3.47. The topological polar surface area (TPSA) is 95.4 Å². The van der Waals surface area contributed by atoms with Gasteiger partial charge in [0.2, 0.25) is 5.91 Å². The molecule has 0 saturated carbocycles. The molecule has 1 atom stereocenters. The number of thiophene rings is 1. The van der Waals surface area contributed by atoms with E-state index in [1.807, 2.05) is 41.8 Å². The fourth-order valence-electron chi connectivity index (χ4n) is 3.13. The van der Waals surface area contributed by atoms with Gasteiger partial charge in [-0.25, -0.2) is 4.99 Å². The van der Waals surface area contributed by atoms with Crippen molar-refractivity contribution in [3.05, 3.63) is 76.2 Å². The van der Waals surface area contributed by atoms with E-state index in [-0.39, 0.29) is 24.3 Å². The van der Waals surface area contributed by atoms with Crippen LogP contribution in [0.2, 0.25) is 0 Å². The van der Waals surface area contributed by atoms with Crippen molar-refractivity contribution in [2.24, 2.45) is 10.7 Å². The molecule has 28 heavy (non-hydrogen) atoms. The summed E-state index contributed by atoms with van der Waals surface area (Å²) in [5, 5.41) is 11.1. The van der Waals surface area contributed by atoms with Gasteiger partial charge in [-0.3, -0.25) is 14.7 Å². The second-order valence-corrected chi connectivity index (χ2v) is 7.42. The number of carbonyl (C=O) groups excluding carboxylic acids is 1. The number of aromatic nitrogens is 1. The van der Waals surface area contributed by atoms with Crippen LogP contribution < -0.4 is 5.73 Å². The third-order valence-electron chi connectivity index (χ3n) is 4.57. The van der Waals surface area contributed by atoms with Gasteiger partial charge in [0.05, 0.1) is 30.6 Å². The van der Waals surface area contributed by atoms with Crippen LogP contribution in [-0.2, 0) is 11.3 Å². The Hall–Kier alpha value is -3.50. The van der Waals surface area contributed by atoms with Gasteiger partial charge in [-0.15, -0.1) is 11.3 Å². The molecule has 6 nitrogen and oxygen atoms in total. The number of nitrogens with zero attached hydrogens (tertiary/aromatic N) is 4. The SMILES string of the molecule is N#Cc1cccc(-c2csc([C@@H]3CC(=O)N(Cc4cccnc4)C(N)=N3)c2)c1. The van der Waals surface area contributed by atoms with Crippen molar-refractivity contribution < 1.29 is 4.79 Å². The first-order valence-corrected chi connectivity index (χ1v) is 9.63. The Balaban J connectivity index is 1.55. The molecular formula is C21H17N5OS. The lowest BCUT2D eigenvalue weighted by molar-refractivity contribution is -0.128. The van der Waals surface area contributed by atoms with E-state index >= 15 is 0 Å². The highest BCUT2D eigenvalue weighted by Crippen LogP contribution is 2.35. The van der Waals surface area contributed by atoms with Gasteiger partial charge < -0.3 is 5.73 Å². The van der Waals surface area contributed by atoms with Gasteiger partial charge >= 0.3 is 0 Å². The van der Waals surface area contributed by atoms with Crippen LogP contribution in [0, 0.1) is 11.3 Å². The summed E-state index contributed by atoms with van der Waals surface area (Å²) in [6, 6.07) is 15.1. The van der Waals surface area contributed by atoms with Crippen LogP contribution in [0.4, 0.5) is 0 Å². The zero-order chi connectivity index (χ0) is 19.5. The number of carbonyl (C=O) groups is 1. The Morgan fingerprint density at radius 3 is 2.89 bits per heavy atom. The average Bonchev–Trinajstić information content (AvgIpc) is 3.22. The maximum absolute atomic E-state index is 12.7. The molecule has 0 fully saturated rings. The summed E-state index contributed by atoms with van der Waals surface area (Å²) in [6.07, 6.45) is 3.68. The number of nitrogens with two attached hydrogens (primary N) is 1. The zero-order valence-electron chi connectivity index (χ0n) is 14.9. The Morgan fingerprint density at radius 2 is 2.14 bits per heavy atom. The first kappa shape index (κ1) is 17.9. The smallest absolute Gasteiger partial charge is 0.232 e. The molecule has 0 bridgehead atoms. The van der Waals surface area contributed by atoms with Crippen LogP contribution >= 0.6 is 11.3 Å². The number of aliphatic imine (C=N–C) groups is 1. The molecular weight excluding hydrogens is 370 g/mol. The summed E-state index contributed by atoms with van der Waals surface area (Å²) < 4.78 is 0. The average molecular weight is 387 g/mol. The van der Waals surface area contributed by atoms with Gasteiger partial charge in [-0.05, 0) is 46.3 Å². The molecule has 0 radical (unpaired) electrons. The third kappa shape index (κ3) is 3.63. The highest BCUT2D eigenvalue weighted by molar-refractivity contribution is 7.10. The van der Waals surface area contributed by atoms with Crippen LogP contribution in [-0.4, -0.2) is 21.8 Å². The van der Waals surface area contributed by atoms with E-state index in [2.05, 4.69) is 16.0 Å². The van der Waals surface area contributed by atoms with Crippen molar-refractivity contribution in [2.75, 3.05) is 0 Å². The normalized spacial score (nSPS) is 16.5. The fraction of sp³-hybridized carbons (Fsp3) is 0.143. The molecule has 3 aromatic rings. The molecule has 0 saturated heterocycles. The quantitative estimate of drug-likeness (QED) is 0.741. The standard InChI is InChI=1S/C21H17N5OS/c22-10-14-3-1-5-16(7-14)17-8-19(28-13-17)18-9-20(27)26(21(23)25-18)12-15-4-2-6-24-11-15/h1-8,11,13,18H,9,12H2,(H2,23,25)/t18-/m0/s1. The molecule has 0 aliphatic carbocycles.